The van der Waals surface area contributed by atoms with Gasteiger partial charge in [-0.25, -0.2) is 13.1 Å². The van der Waals surface area contributed by atoms with Crippen molar-refractivity contribution in [3.8, 4) is 11.8 Å². The minimum Gasteiger partial charge on any atom is -0.354 e. The summed E-state index contributed by atoms with van der Waals surface area (Å²) in [5.41, 5.74) is -1.75. The van der Waals surface area contributed by atoms with E-state index < -0.39 is 27.3 Å². The molecule has 2 heterocycles. The van der Waals surface area contributed by atoms with Gasteiger partial charge in [0, 0.05) is 39.4 Å². The number of alkyl halides is 3. The van der Waals surface area contributed by atoms with Gasteiger partial charge >= 0.3 is 6.18 Å². The highest BCUT2D eigenvalue weighted by atomic mass is 32.2. The molecule has 0 radical (unpaired) electrons. The highest BCUT2D eigenvalue weighted by Gasteiger charge is 2.41. The van der Waals surface area contributed by atoms with Gasteiger partial charge in [0.15, 0.2) is 21.3 Å². The van der Waals surface area contributed by atoms with Crippen molar-refractivity contribution in [1.29, 1.82) is 5.26 Å². The zero-order chi connectivity index (χ0) is 23.0. The summed E-state index contributed by atoms with van der Waals surface area (Å²) in [6.45, 7) is 2.71. The average Bonchev–Trinajstić information content (AvgIpc) is 2.91. The summed E-state index contributed by atoms with van der Waals surface area (Å²) in [6.07, 6.45) is -3.33. The summed E-state index contributed by atoms with van der Waals surface area (Å²) < 4.78 is 65.2. The number of benzene rings is 1. The van der Waals surface area contributed by atoms with Gasteiger partial charge < -0.3 is 9.80 Å². The topological polar surface area (TPSA) is 99.3 Å². The van der Waals surface area contributed by atoms with Gasteiger partial charge in [-0.15, -0.1) is 0 Å². The third-order valence-corrected chi connectivity index (χ3v) is 6.12. The van der Waals surface area contributed by atoms with E-state index >= 15 is 0 Å². The Bertz CT molecular complexity index is 1130. The highest BCUT2D eigenvalue weighted by molar-refractivity contribution is 7.90. The Hall–Kier alpha value is -3.07. The number of hydrogen-bond donors (Lipinski definition) is 0. The van der Waals surface area contributed by atoms with Crippen molar-refractivity contribution in [2.45, 2.75) is 24.4 Å². The van der Waals surface area contributed by atoms with E-state index in [4.69, 9.17) is 0 Å². The number of nitriles is 1. The van der Waals surface area contributed by atoms with Gasteiger partial charge in [-0.3, -0.25) is 4.79 Å². The van der Waals surface area contributed by atoms with Gasteiger partial charge in [-0.05, 0) is 30.7 Å². The molecule has 31 heavy (non-hydrogen) atoms. The molecule has 0 N–H and O–H groups in total. The van der Waals surface area contributed by atoms with Crippen molar-refractivity contribution in [2.75, 3.05) is 37.3 Å². The van der Waals surface area contributed by atoms with Crippen LogP contribution in [0.3, 0.4) is 0 Å². The van der Waals surface area contributed by atoms with Crippen molar-refractivity contribution in [3.05, 3.63) is 35.5 Å². The van der Waals surface area contributed by atoms with E-state index in [1.54, 1.807) is 15.9 Å². The smallest absolute Gasteiger partial charge is 0.354 e. The maximum absolute atomic E-state index is 13.6. The first kappa shape index (κ1) is 22.6. The van der Waals surface area contributed by atoms with E-state index in [1.807, 2.05) is 0 Å². The van der Waals surface area contributed by atoms with Crippen LogP contribution in [-0.2, 0) is 20.8 Å². The second-order valence-electron chi connectivity index (χ2n) is 7.18. The molecule has 0 spiro atoms. The van der Waals surface area contributed by atoms with Gasteiger partial charge in [0.25, 0.3) is 0 Å². The molecule has 0 atom stereocenters. The molecule has 12 heteroatoms. The van der Waals surface area contributed by atoms with Crippen LogP contribution in [-0.4, -0.2) is 61.4 Å². The molecule has 1 aliphatic rings. The molecule has 3 rings (SSSR count). The first-order valence-corrected chi connectivity index (χ1v) is 11.2. The summed E-state index contributed by atoms with van der Waals surface area (Å²) in [6, 6.07) is 6.86. The molecule has 1 amide bonds. The standard InChI is InChI=1S/C19H20F3N5O3S/c1-13(28)25-8-3-9-26(11-10-25)18-16(12-23)17(19(20,21)22)24-27(18)14-4-6-15(7-5-14)31(2,29)30/h4-7H,3,8-11H2,1-2H3. The molecule has 1 fully saturated rings. The molecule has 1 aromatic carbocycles. The Morgan fingerprint density at radius 1 is 1.13 bits per heavy atom. The fraction of sp³-hybridized carbons (Fsp3) is 0.421. The number of amides is 1. The van der Waals surface area contributed by atoms with Crippen LogP contribution in [0.25, 0.3) is 5.69 Å². The summed E-state index contributed by atoms with van der Waals surface area (Å²) >= 11 is 0. The summed E-state index contributed by atoms with van der Waals surface area (Å²) in [7, 11) is -3.49. The van der Waals surface area contributed by atoms with Crippen molar-refractivity contribution in [3.63, 3.8) is 0 Å². The molecule has 0 aliphatic carbocycles. The van der Waals surface area contributed by atoms with Crippen molar-refractivity contribution in [2.24, 2.45) is 0 Å². The summed E-state index contributed by atoms with van der Waals surface area (Å²) in [5.74, 6) is -0.171. The van der Waals surface area contributed by atoms with Gasteiger partial charge in [0.05, 0.1) is 10.6 Å². The van der Waals surface area contributed by atoms with Gasteiger partial charge in [-0.2, -0.15) is 23.5 Å². The Morgan fingerprint density at radius 2 is 1.77 bits per heavy atom. The molecule has 1 aliphatic heterocycles. The first-order valence-electron chi connectivity index (χ1n) is 9.34. The molecule has 1 aromatic heterocycles. The fourth-order valence-electron chi connectivity index (χ4n) is 3.46. The number of aromatic nitrogens is 2. The minimum atomic E-state index is -4.85. The molecular weight excluding hydrogens is 435 g/mol. The predicted octanol–water partition coefficient (Wildman–Crippen LogP) is 2.22. The number of carbonyl (C=O) groups excluding carboxylic acids is 1. The third kappa shape index (κ3) is 4.66. The summed E-state index contributed by atoms with van der Waals surface area (Å²) in [4.78, 5) is 14.9. The van der Waals surface area contributed by atoms with Crippen LogP contribution in [0.4, 0.5) is 19.0 Å². The molecular formula is C19H20F3N5O3S. The van der Waals surface area contributed by atoms with Crippen LogP contribution in [0.2, 0.25) is 0 Å². The molecule has 8 nitrogen and oxygen atoms in total. The largest absolute Gasteiger partial charge is 0.436 e. The van der Waals surface area contributed by atoms with Crippen LogP contribution in [0.5, 0.6) is 0 Å². The van der Waals surface area contributed by atoms with Crippen LogP contribution >= 0.6 is 0 Å². The Labute approximate surface area is 177 Å². The second-order valence-corrected chi connectivity index (χ2v) is 9.20. The number of rotatable bonds is 3. The number of anilines is 1. The number of sulfone groups is 1. The molecule has 0 saturated carbocycles. The zero-order valence-electron chi connectivity index (χ0n) is 16.8. The van der Waals surface area contributed by atoms with E-state index in [0.29, 0.717) is 26.1 Å². The van der Waals surface area contributed by atoms with Crippen molar-refractivity contribution >= 4 is 21.6 Å². The third-order valence-electron chi connectivity index (χ3n) is 4.99. The average molecular weight is 455 g/mol. The number of hydrogen-bond acceptors (Lipinski definition) is 6. The van der Waals surface area contributed by atoms with Gasteiger partial charge in [0.2, 0.25) is 5.91 Å². The van der Waals surface area contributed by atoms with E-state index in [0.717, 1.165) is 10.9 Å². The molecule has 0 unspecified atom stereocenters. The highest BCUT2D eigenvalue weighted by Crippen LogP contribution is 2.37. The maximum atomic E-state index is 13.6. The van der Waals surface area contributed by atoms with E-state index in [9.17, 15) is 31.6 Å². The van der Waals surface area contributed by atoms with Crippen LogP contribution in [0.1, 0.15) is 24.6 Å². The number of nitrogens with zero attached hydrogens (tertiary/aromatic N) is 5. The van der Waals surface area contributed by atoms with Crippen LogP contribution in [0, 0.1) is 11.3 Å². The first-order chi connectivity index (χ1) is 14.4. The Balaban J connectivity index is 2.14. The predicted molar refractivity (Wildman–Crippen MR) is 105 cm³/mol. The minimum absolute atomic E-state index is 0.00776. The lowest BCUT2D eigenvalue weighted by atomic mass is 10.2. The van der Waals surface area contributed by atoms with Gasteiger partial charge in [-0.1, -0.05) is 0 Å². The Morgan fingerprint density at radius 3 is 2.29 bits per heavy atom. The second kappa shape index (κ2) is 8.22. The van der Waals surface area contributed by atoms with E-state index in [2.05, 4.69) is 5.10 Å². The normalized spacial score (nSPS) is 15.5. The maximum Gasteiger partial charge on any atom is 0.436 e. The van der Waals surface area contributed by atoms with Crippen molar-refractivity contribution < 1.29 is 26.4 Å². The lowest BCUT2D eigenvalue weighted by Gasteiger charge is -2.24. The fourth-order valence-corrected chi connectivity index (χ4v) is 4.09. The van der Waals surface area contributed by atoms with Crippen LogP contribution < -0.4 is 4.90 Å². The van der Waals surface area contributed by atoms with Crippen molar-refractivity contribution in [1.82, 2.24) is 14.7 Å². The quantitative estimate of drug-likeness (QED) is 0.704. The van der Waals surface area contributed by atoms with E-state index in [1.165, 1.54) is 31.2 Å². The number of carbonyl (C=O) groups is 1. The monoisotopic (exact) mass is 455 g/mol. The number of halogens is 3. The van der Waals surface area contributed by atoms with E-state index in [-0.39, 0.29) is 28.9 Å². The molecule has 2 aromatic rings. The van der Waals surface area contributed by atoms with Gasteiger partial charge in [0.1, 0.15) is 11.6 Å². The molecule has 0 bridgehead atoms. The summed E-state index contributed by atoms with van der Waals surface area (Å²) in [5, 5.41) is 13.2. The lowest BCUT2D eigenvalue weighted by molar-refractivity contribution is -0.141. The molecule has 1 saturated heterocycles. The zero-order valence-corrected chi connectivity index (χ0v) is 17.7. The lowest BCUT2D eigenvalue weighted by Crippen LogP contribution is -2.34. The SMILES string of the molecule is CC(=O)N1CCCN(c2c(C#N)c(C(F)(F)F)nn2-c2ccc(S(C)(=O)=O)cc2)CC1. The Kier molecular flexibility index (Phi) is 6.00. The molecule has 166 valence electrons. The van der Waals surface area contributed by atoms with Crippen LogP contribution in [0.15, 0.2) is 29.2 Å².